The van der Waals surface area contributed by atoms with E-state index in [1.54, 1.807) is 35.1 Å². The molecule has 4 aromatic rings. The predicted molar refractivity (Wildman–Crippen MR) is 110 cm³/mol. The van der Waals surface area contributed by atoms with Crippen LogP contribution in [0, 0.1) is 5.82 Å². The first kappa shape index (κ1) is 18.4. The van der Waals surface area contributed by atoms with E-state index in [0.717, 1.165) is 22.8 Å². The van der Waals surface area contributed by atoms with Gasteiger partial charge in [-0.1, -0.05) is 6.07 Å². The molecule has 0 atom stereocenters. The highest BCUT2D eigenvalue weighted by molar-refractivity contribution is 5.89. The molecule has 9 heteroatoms. The van der Waals surface area contributed by atoms with E-state index in [0.29, 0.717) is 11.4 Å². The van der Waals surface area contributed by atoms with E-state index in [1.165, 1.54) is 6.92 Å². The number of nitrogens with one attached hydrogen (secondary N) is 3. The SMILES string of the molecule is CC(=O)Nc1cccc(Nc2nc(Nc3ccc4c(cnn4C)c3)ncc2F)c1. The lowest BCUT2D eigenvalue weighted by molar-refractivity contribution is -0.114. The van der Waals surface area contributed by atoms with Crippen molar-refractivity contribution < 1.29 is 9.18 Å². The number of rotatable bonds is 5. The van der Waals surface area contributed by atoms with Crippen LogP contribution in [0.2, 0.25) is 0 Å². The van der Waals surface area contributed by atoms with Gasteiger partial charge in [-0.15, -0.1) is 0 Å². The minimum Gasteiger partial charge on any atom is -0.338 e. The molecule has 0 unspecified atom stereocenters. The molecule has 3 N–H and O–H groups in total. The number of aromatic nitrogens is 4. The summed E-state index contributed by atoms with van der Waals surface area (Å²) in [6, 6.07) is 12.6. The summed E-state index contributed by atoms with van der Waals surface area (Å²) in [5.41, 5.74) is 2.93. The van der Waals surface area contributed by atoms with Gasteiger partial charge in [-0.05, 0) is 36.4 Å². The third kappa shape index (κ3) is 4.13. The highest BCUT2D eigenvalue weighted by Crippen LogP contribution is 2.24. The van der Waals surface area contributed by atoms with E-state index in [2.05, 4.69) is 31.0 Å². The Morgan fingerprint density at radius 2 is 1.83 bits per heavy atom. The van der Waals surface area contributed by atoms with Crippen LogP contribution in [0.5, 0.6) is 0 Å². The first-order valence-corrected chi connectivity index (χ1v) is 8.84. The normalized spacial score (nSPS) is 10.7. The Labute approximate surface area is 165 Å². The maximum atomic E-state index is 14.2. The van der Waals surface area contributed by atoms with Gasteiger partial charge in [0.05, 0.1) is 17.9 Å². The highest BCUT2D eigenvalue weighted by atomic mass is 19.1. The van der Waals surface area contributed by atoms with E-state index in [4.69, 9.17) is 0 Å². The number of carbonyl (C=O) groups is 1. The molecule has 2 heterocycles. The lowest BCUT2D eigenvalue weighted by atomic mass is 10.2. The molecule has 2 aromatic heterocycles. The summed E-state index contributed by atoms with van der Waals surface area (Å²) < 4.78 is 16.0. The number of aryl methyl sites for hydroxylation is 1. The van der Waals surface area contributed by atoms with Crippen LogP contribution in [0.4, 0.5) is 33.2 Å². The predicted octanol–water partition coefficient (Wildman–Crippen LogP) is 3.95. The van der Waals surface area contributed by atoms with E-state index >= 15 is 0 Å². The average molecular weight is 391 g/mol. The van der Waals surface area contributed by atoms with Crippen molar-refractivity contribution in [1.82, 2.24) is 19.7 Å². The van der Waals surface area contributed by atoms with E-state index in [1.807, 2.05) is 25.2 Å². The Hall–Kier alpha value is -4.01. The van der Waals surface area contributed by atoms with Crippen LogP contribution in [0.3, 0.4) is 0 Å². The van der Waals surface area contributed by atoms with Gasteiger partial charge in [-0.2, -0.15) is 10.1 Å². The van der Waals surface area contributed by atoms with E-state index in [-0.39, 0.29) is 17.7 Å². The molecule has 8 nitrogen and oxygen atoms in total. The van der Waals surface area contributed by atoms with Crippen molar-refractivity contribution in [2.75, 3.05) is 16.0 Å². The lowest BCUT2D eigenvalue weighted by Gasteiger charge is -2.11. The first-order valence-electron chi connectivity index (χ1n) is 8.84. The van der Waals surface area contributed by atoms with Gasteiger partial charge in [-0.25, -0.2) is 9.37 Å². The van der Waals surface area contributed by atoms with E-state index in [9.17, 15) is 9.18 Å². The lowest BCUT2D eigenvalue weighted by Crippen LogP contribution is -2.06. The fourth-order valence-corrected chi connectivity index (χ4v) is 2.90. The molecule has 0 saturated heterocycles. The molecule has 0 radical (unpaired) electrons. The molecule has 0 saturated carbocycles. The second-order valence-corrected chi connectivity index (χ2v) is 6.44. The highest BCUT2D eigenvalue weighted by Gasteiger charge is 2.09. The maximum absolute atomic E-state index is 14.2. The fourth-order valence-electron chi connectivity index (χ4n) is 2.90. The zero-order chi connectivity index (χ0) is 20.4. The van der Waals surface area contributed by atoms with Crippen LogP contribution in [0.1, 0.15) is 6.92 Å². The van der Waals surface area contributed by atoms with Crippen molar-refractivity contribution in [3.63, 3.8) is 0 Å². The number of anilines is 5. The summed E-state index contributed by atoms with van der Waals surface area (Å²) in [4.78, 5) is 19.4. The molecule has 0 aliphatic carbocycles. The van der Waals surface area contributed by atoms with Crippen LogP contribution in [-0.2, 0) is 11.8 Å². The zero-order valence-corrected chi connectivity index (χ0v) is 15.8. The Kier molecular flexibility index (Phi) is 4.78. The van der Waals surface area contributed by atoms with Crippen molar-refractivity contribution >= 4 is 45.6 Å². The smallest absolute Gasteiger partial charge is 0.229 e. The molecule has 0 bridgehead atoms. The minimum absolute atomic E-state index is 0.0185. The summed E-state index contributed by atoms with van der Waals surface area (Å²) in [7, 11) is 1.87. The third-order valence-electron chi connectivity index (χ3n) is 4.19. The second-order valence-electron chi connectivity index (χ2n) is 6.44. The molecule has 1 amide bonds. The largest absolute Gasteiger partial charge is 0.338 e. The molecule has 4 rings (SSSR count). The van der Waals surface area contributed by atoms with Gasteiger partial charge in [0.1, 0.15) is 0 Å². The maximum Gasteiger partial charge on any atom is 0.229 e. The van der Waals surface area contributed by atoms with Crippen LogP contribution in [0.25, 0.3) is 10.9 Å². The monoisotopic (exact) mass is 391 g/mol. The van der Waals surface area contributed by atoms with Gasteiger partial charge in [0.2, 0.25) is 11.9 Å². The number of carbonyl (C=O) groups excluding carboxylic acids is 1. The molecule has 0 aliphatic rings. The molecular weight excluding hydrogens is 373 g/mol. The molecule has 2 aromatic carbocycles. The number of amides is 1. The Morgan fingerprint density at radius 3 is 2.66 bits per heavy atom. The van der Waals surface area contributed by atoms with Crippen LogP contribution < -0.4 is 16.0 Å². The molecule has 0 aliphatic heterocycles. The quantitative estimate of drug-likeness (QED) is 0.477. The number of fused-ring (bicyclic) bond motifs is 1. The Morgan fingerprint density at radius 1 is 1.03 bits per heavy atom. The van der Waals surface area contributed by atoms with Gasteiger partial charge in [0.25, 0.3) is 0 Å². The summed E-state index contributed by atoms with van der Waals surface area (Å²) in [6.45, 7) is 1.42. The van der Waals surface area contributed by atoms with Gasteiger partial charge >= 0.3 is 0 Å². The van der Waals surface area contributed by atoms with Crippen molar-refractivity contribution in [2.45, 2.75) is 6.92 Å². The number of nitrogens with zero attached hydrogens (tertiary/aromatic N) is 4. The van der Waals surface area contributed by atoms with Crippen molar-refractivity contribution in [3.05, 3.63) is 60.7 Å². The number of hydrogen-bond donors (Lipinski definition) is 3. The van der Waals surface area contributed by atoms with Crippen LogP contribution in [-0.4, -0.2) is 25.7 Å². The molecule has 29 heavy (non-hydrogen) atoms. The van der Waals surface area contributed by atoms with Crippen molar-refractivity contribution in [1.29, 1.82) is 0 Å². The van der Waals surface area contributed by atoms with Gasteiger partial charge in [0.15, 0.2) is 11.6 Å². The van der Waals surface area contributed by atoms with Crippen molar-refractivity contribution in [2.24, 2.45) is 7.05 Å². The summed E-state index contributed by atoms with van der Waals surface area (Å²) in [5.74, 6) is -0.518. The summed E-state index contributed by atoms with van der Waals surface area (Å²) in [5, 5.41) is 13.8. The van der Waals surface area contributed by atoms with E-state index < -0.39 is 5.82 Å². The van der Waals surface area contributed by atoms with Crippen molar-refractivity contribution in [3.8, 4) is 0 Å². The first-order chi connectivity index (χ1) is 14.0. The van der Waals surface area contributed by atoms with Crippen LogP contribution >= 0.6 is 0 Å². The third-order valence-corrected chi connectivity index (χ3v) is 4.19. The molecule has 0 fully saturated rings. The average Bonchev–Trinajstić information content (AvgIpc) is 3.05. The number of benzene rings is 2. The van der Waals surface area contributed by atoms with Crippen LogP contribution in [0.15, 0.2) is 54.9 Å². The zero-order valence-electron chi connectivity index (χ0n) is 15.8. The fraction of sp³-hybridized carbons (Fsp3) is 0.100. The Balaban J connectivity index is 1.56. The minimum atomic E-state index is -0.594. The topological polar surface area (TPSA) is 96.8 Å². The Bertz CT molecular complexity index is 1200. The summed E-state index contributed by atoms with van der Waals surface area (Å²) in [6.07, 6.45) is 2.86. The standard InChI is InChI=1S/C20H18FN7O/c1-12(29)24-14-4-3-5-15(9-14)25-19-17(21)11-22-20(27-19)26-16-6-7-18-13(8-16)10-23-28(18)2/h3-11H,1-2H3,(H,24,29)(H2,22,25,26,27). The van der Waals surface area contributed by atoms with Gasteiger partial charge in [0, 0.05) is 36.4 Å². The summed E-state index contributed by atoms with van der Waals surface area (Å²) >= 11 is 0. The number of halogens is 1. The second kappa shape index (κ2) is 7.55. The molecular formula is C20H18FN7O. The number of hydrogen-bond acceptors (Lipinski definition) is 6. The van der Waals surface area contributed by atoms with Gasteiger partial charge in [-0.3, -0.25) is 9.48 Å². The molecule has 146 valence electrons. The van der Waals surface area contributed by atoms with Gasteiger partial charge < -0.3 is 16.0 Å². The molecule has 0 spiro atoms.